The Morgan fingerprint density at radius 2 is 1.77 bits per heavy atom. The van der Waals surface area contributed by atoms with Gasteiger partial charge in [-0.25, -0.2) is 0 Å². The van der Waals surface area contributed by atoms with Crippen molar-refractivity contribution in [2.75, 3.05) is 34.0 Å². The molecule has 1 heterocycles. The van der Waals surface area contributed by atoms with Crippen molar-refractivity contribution in [1.29, 1.82) is 0 Å². The summed E-state index contributed by atoms with van der Waals surface area (Å²) in [4.78, 5) is 0. The number of hydrogen-bond acceptors (Lipinski definition) is 4. The molecule has 1 fully saturated rings. The minimum atomic E-state index is 0.00709. The topological polar surface area (TPSA) is 39.7 Å². The first-order chi connectivity index (χ1) is 12.7. The van der Waals surface area contributed by atoms with Crippen LogP contribution >= 0.6 is 11.6 Å². The molecule has 3 rings (SSSR count). The van der Waals surface area contributed by atoms with E-state index in [0.29, 0.717) is 0 Å². The van der Waals surface area contributed by atoms with E-state index >= 15 is 0 Å². The van der Waals surface area contributed by atoms with Gasteiger partial charge in [0.1, 0.15) is 0 Å². The lowest BCUT2D eigenvalue weighted by atomic mass is 9.74. The molecule has 2 aromatic carbocycles. The molecule has 1 saturated heterocycles. The van der Waals surface area contributed by atoms with E-state index in [2.05, 4.69) is 23.5 Å². The number of methoxy groups -OCH3 is 2. The van der Waals surface area contributed by atoms with Crippen LogP contribution in [0.25, 0.3) is 0 Å². The monoisotopic (exact) mass is 375 g/mol. The first-order valence-corrected chi connectivity index (χ1v) is 9.31. The summed E-state index contributed by atoms with van der Waals surface area (Å²) in [5.74, 6) is 1.49. The van der Waals surface area contributed by atoms with Crippen LogP contribution < -0.4 is 14.8 Å². The maximum atomic E-state index is 6.52. The number of rotatable bonds is 7. The number of halogens is 1. The second-order valence-electron chi connectivity index (χ2n) is 6.67. The molecule has 1 N–H and O–H groups in total. The zero-order chi connectivity index (χ0) is 18.4. The molecule has 0 aromatic heterocycles. The predicted molar refractivity (Wildman–Crippen MR) is 104 cm³/mol. The van der Waals surface area contributed by atoms with E-state index in [1.807, 2.05) is 24.3 Å². The van der Waals surface area contributed by atoms with E-state index in [9.17, 15) is 0 Å². The zero-order valence-corrected chi connectivity index (χ0v) is 16.1. The molecule has 0 radical (unpaired) electrons. The normalized spacial score (nSPS) is 16.3. The highest BCUT2D eigenvalue weighted by molar-refractivity contribution is 6.31. The SMILES string of the molecule is COc1ccc(CNCC2(c3ccccc3Cl)CCOCC2)cc1OC. The first-order valence-electron chi connectivity index (χ1n) is 8.93. The fourth-order valence-corrected chi connectivity index (χ4v) is 3.97. The predicted octanol–water partition coefficient (Wildman–Crippen LogP) is 4.20. The van der Waals surface area contributed by atoms with Crippen LogP contribution in [-0.2, 0) is 16.7 Å². The molecule has 0 spiro atoms. The first kappa shape index (κ1) is 19.0. The van der Waals surface area contributed by atoms with Crippen LogP contribution in [0.4, 0.5) is 0 Å². The lowest BCUT2D eigenvalue weighted by Gasteiger charge is -2.38. The Hall–Kier alpha value is -1.75. The highest BCUT2D eigenvalue weighted by atomic mass is 35.5. The van der Waals surface area contributed by atoms with E-state index in [-0.39, 0.29) is 5.41 Å². The van der Waals surface area contributed by atoms with Crippen molar-refractivity contribution in [3.8, 4) is 11.5 Å². The van der Waals surface area contributed by atoms with Gasteiger partial charge in [0.15, 0.2) is 11.5 Å². The number of nitrogens with one attached hydrogen (secondary N) is 1. The molecule has 0 unspecified atom stereocenters. The van der Waals surface area contributed by atoms with Gasteiger partial charge in [-0.2, -0.15) is 0 Å². The average Bonchev–Trinajstić information content (AvgIpc) is 2.69. The minimum absolute atomic E-state index is 0.00709. The summed E-state index contributed by atoms with van der Waals surface area (Å²) in [6, 6.07) is 14.2. The highest BCUT2D eigenvalue weighted by Crippen LogP contribution is 2.38. The standard InChI is InChI=1S/C21H26ClNO3/c1-24-19-8-7-16(13-20(19)25-2)14-23-15-21(9-11-26-12-10-21)17-5-3-4-6-18(17)22/h3-8,13,23H,9-12,14-15H2,1-2H3. The Balaban J connectivity index is 1.72. The fraction of sp³-hybridized carbons (Fsp3) is 0.429. The van der Waals surface area contributed by atoms with Crippen LogP contribution in [0.5, 0.6) is 11.5 Å². The molecule has 5 heteroatoms. The molecule has 26 heavy (non-hydrogen) atoms. The summed E-state index contributed by atoms with van der Waals surface area (Å²) in [6.45, 7) is 3.15. The minimum Gasteiger partial charge on any atom is -0.493 e. The lowest BCUT2D eigenvalue weighted by Crippen LogP contribution is -2.42. The van der Waals surface area contributed by atoms with Crippen molar-refractivity contribution in [2.45, 2.75) is 24.8 Å². The molecule has 1 aliphatic rings. The van der Waals surface area contributed by atoms with E-state index in [4.69, 9.17) is 25.8 Å². The second-order valence-corrected chi connectivity index (χ2v) is 7.07. The number of benzene rings is 2. The van der Waals surface area contributed by atoms with Crippen LogP contribution in [0.15, 0.2) is 42.5 Å². The van der Waals surface area contributed by atoms with Gasteiger partial charge in [0.2, 0.25) is 0 Å². The van der Waals surface area contributed by atoms with Gasteiger partial charge in [-0.1, -0.05) is 35.9 Å². The summed E-state index contributed by atoms with van der Waals surface area (Å²) < 4.78 is 16.3. The maximum Gasteiger partial charge on any atom is 0.161 e. The fourth-order valence-electron chi connectivity index (χ4n) is 3.63. The van der Waals surface area contributed by atoms with E-state index < -0.39 is 0 Å². The van der Waals surface area contributed by atoms with Crippen LogP contribution in [-0.4, -0.2) is 34.0 Å². The lowest BCUT2D eigenvalue weighted by molar-refractivity contribution is 0.0498. The Morgan fingerprint density at radius 1 is 1.04 bits per heavy atom. The molecule has 0 amide bonds. The Kier molecular flexibility index (Phi) is 6.41. The van der Waals surface area contributed by atoms with Gasteiger partial charge in [0.05, 0.1) is 14.2 Å². The molecule has 4 nitrogen and oxygen atoms in total. The molecule has 0 saturated carbocycles. The molecule has 0 atom stereocenters. The van der Waals surface area contributed by atoms with E-state index in [0.717, 1.165) is 61.2 Å². The Bertz CT molecular complexity index is 729. The van der Waals surface area contributed by atoms with Crippen molar-refractivity contribution >= 4 is 11.6 Å². The van der Waals surface area contributed by atoms with Gasteiger partial charge in [-0.3, -0.25) is 0 Å². The van der Waals surface area contributed by atoms with Gasteiger partial charge in [0, 0.05) is 36.7 Å². The Labute approximate surface area is 160 Å². The third-order valence-electron chi connectivity index (χ3n) is 5.14. The summed E-state index contributed by atoms with van der Waals surface area (Å²) in [6.07, 6.45) is 1.94. The van der Waals surface area contributed by atoms with Gasteiger partial charge >= 0.3 is 0 Å². The number of ether oxygens (including phenoxy) is 3. The van der Waals surface area contributed by atoms with Crippen LogP contribution in [0.2, 0.25) is 5.02 Å². The summed E-state index contributed by atoms with van der Waals surface area (Å²) >= 11 is 6.52. The smallest absolute Gasteiger partial charge is 0.161 e. The van der Waals surface area contributed by atoms with Crippen LogP contribution in [0.3, 0.4) is 0 Å². The van der Waals surface area contributed by atoms with Gasteiger partial charge in [-0.05, 0) is 42.2 Å². The average molecular weight is 376 g/mol. The summed E-state index contributed by atoms with van der Waals surface area (Å²) in [5.41, 5.74) is 2.38. The van der Waals surface area contributed by atoms with Crippen molar-refractivity contribution in [2.24, 2.45) is 0 Å². The van der Waals surface area contributed by atoms with Crippen LogP contribution in [0, 0.1) is 0 Å². The van der Waals surface area contributed by atoms with Crippen molar-refractivity contribution < 1.29 is 14.2 Å². The molecular weight excluding hydrogens is 350 g/mol. The third-order valence-corrected chi connectivity index (χ3v) is 5.47. The number of hydrogen-bond donors (Lipinski definition) is 1. The quantitative estimate of drug-likeness (QED) is 0.787. The molecular formula is C21H26ClNO3. The molecule has 0 aliphatic carbocycles. The second kappa shape index (κ2) is 8.76. The van der Waals surface area contributed by atoms with Crippen molar-refractivity contribution in [3.05, 3.63) is 58.6 Å². The van der Waals surface area contributed by atoms with Crippen LogP contribution in [0.1, 0.15) is 24.0 Å². The molecule has 140 valence electrons. The van der Waals surface area contributed by atoms with Gasteiger partial charge < -0.3 is 19.5 Å². The van der Waals surface area contributed by atoms with Gasteiger partial charge in [0.25, 0.3) is 0 Å². The third kappa shape index (κ3) is 4.14. The highest BCUT2D eigenvalue weighted by Gasteiger charge is 2.35. The van der Waals surface area contributed by atoms with E-state index in [1.165, 1.54) is 5.56 Å². The largest absolute Gasteiger partial charge is 0.493 e. The summed E-state index contributed by atoms with van der Waals surface area (Å²) in [7, 11) is 3.30. The molecule has 0 bridgehead atoms. The van der Waals surface area contributed by atoms with Crippen molar-refractivity contribution in [3.63, 3.8) is 0 Å². The molecule has 1 aliphatic heterocycles. The maximum absolute atomic E-state index is 6.52. The molecule has 2 aromatic rings. The zero-order valence-electron chi connectivity index (χ0n) is 15.4. The summed E-state index contributed by atoms with van der Waals surface area (Å²) in [5, 5.41) is 4.45. The van der Waals surface area contributed by atoms with Gasteiger partial charge in [-0.15, -0.1) is 0 Å². The Morgan fingerprint density at radius 3 is 2.46 bits per heavy atom. The van der Waals surface area contributed by atoms with Crippen molar-refractivity contribution in [1.82, 2.24) is 5.32 Å². The van der Waals surface area contributed by atoms with E-state index in [1.54, 1.807) is 14.2 Å².